The van der Waals surface area contributed by atoms with Crippen molar-refractivity contribution >= 4 is 16.9 Å². The van der Waals surface area contributed by atoms with Gasteiger partial charge in [-0.2, -0.15) is 5.10 Å². The number of nitrogens with one attached hydrogen (secondary N) is 1. The maximum atomic E-state index is 12.8. The van der Waals surface area contributed by atoms with Crippen LogP contribution in [0.2, 0.25) is 0 Å². The molecule has 0 aliphatic carbocycles. The van der Waals surface area contributed by atoms with Gasteiger partial charge in [0.1, 0.15) is 0 Å². The predicted octanol–water partition coefficient (Wildman–Crippen LogP) is 3.91. The van der Waals surface area contributed by atoms with E-state index in [1.54, 1.807) is 6.20 Å². The molecule has 5 nitrogen and oxygen atoms in total. The lowest BCUT2D eigenvalue weighted by Crippen LogP contribution is -2.36. The number of carbonyl (C=O) groups excluding carboxylic acids is 1. The molecule has 0 bridgehead atoms. The molecule has 2 aromatic rings. The van der Waals surface area contributed by atoms with Crippen LogP contribution >= 0.6 is 0 Å². The summed E-state index contributed by atoms with van der Waals surface area (Å²) in [5, 5.41) is 8.33. The molecule has 23 heavy (non-hydrogen) atoms. The SMILES string of the molecule is CC(C)c1cc(C(=O)NC(C)C(C)C)c2cnn(C(C)C)c2n1. The molecule has 0 radical (unpaired) electrons. The smallest absolute Gasteiger partial charge is 0.252 e. The predicted molar refractivity (Wildman–Crippen MR) is 93.8 cm³/mol. The molecule has 2 heterocycles. The van der Waals surface area contributed by atoms with Gasteiger partial charge in [-0.1, -0.05) is 27.7 Å². The van der Waals surface area contributed by atoms with Gasteiger partial charge in [-0.3, -0.25) is 4.79 Å². The zero-order chi connectivity index (χ0) is 17.3. The van der Waals surface area contributed by atoms with Gasteiger partial charge >= 0.3 is 0 Å². The monoisotopic (exact) mass is 316 g/mol. The first-order valence-corrected chi connectivity index (χ1v) is 8.41. The molecule has 0 aliphatic heterocycles. The van der Waals surface area contributed by atoms with Crippen LogP contribution in [0.25, 0.3) is 11.0 Å². The molecule has 0 spiro atoms. The van der Waals surface area contributed by atoms with Crippen LogP contribution < -0.4 is 5.32 Å². The number of rotatable bonds is 5. The number of nitrogens with zero attached hydrogens (tertiary/aromatic N) is 3. The molecular weight excluding hydrogens is 288 g/mol. The number of carbonyl (C=O) groups is 1. The van der Waals surface area contributed by atoms with Crippen LogP contribution in [0.1, 0.15) is 76.5 Å². The molecule has 126 valence electrons. The summed E-state index contributed by atoms with van der Waals surface area (Å²) in [4.78, 5) is 17.5. The summed E-state index contributed by atoms with van der Waals surface area (Å²) in [5.41, 5.74) is 2.37. The summed E-state index contributed by atoms with van der Waals surface area (Å²) in [7, 11) is 0. The Bertz CT molecular complexity index is 700. The van der Waals surface area contributed by atoms with Gasteiger partial charge < -0.3 is 5.32 Å². The molecule has 1 unspecified atom stereocenters. The lowest BCUT2D eigenvalue weighted by atomic mass is 10.0. The second-order valence-corrected chi connectivity index (χ2v) is 7.18. The van der Waals surface area contributed by atoms with Crippen molar-refractivity contribution in [2.24, 2.45) is 5.92 Å². The zero-order valence-electron chi connectivity index (χ0n) is 15.2. The number of hydrogen-bond donors (Lipinski definition) is 1. The molecule has 0 fully saturated rings. The number of hydrogen-bond acceptors (Lipinski definition) is 3. The van der Waals surface area contributed by atoms with Crippen molar-refractivity contribution in [2.45, 2.75) is 66.5 Å². The van der Waals surface area contributed by atoms with E-state index < -0.39 is 0 Å². The van der Waals surface area contributed by atoms with Crippen molar-refractivity contribution in [2.75, 3.05) is 0 Å². The molecular formula is C18H28N4O. The molecule has 1 atom stereocenters. The van der Waals surface area contributed by atoms with Gasteiger partial charge in [-0.15, -0.1) is 0 Å². The maximum absolute atomic E-state index is 12.8. The topological polar surface area (TPSA) is 59.8 Å². The Morgan fingerprint density at radius 2 is 1.78 bits per heavy atom. The van der Waals surface area contributed by atoms with Gasteiger partial charge in [0, 0.05) is 17.8 Å². The highest BCUT2D eigenvalue weighted by Gasteiger charge is 2.20. The summed E-state index contributed by atoms with van der Waals surface area (Å²) in [6.07, 6.45) is 1.75. The Kier molecular flexibility index (Phi) is 5.07. The van der Waals surface area contributed by atoms with Crippen LogP contribution in [0.3, 0.4) is 0 Å². The van der Waals surface area contributed by atoms with E-state index in [4.69, 9.17) is 4.98 Å². The molecule has 1 N–H and O–H groups in total. The summed E-state index contributed by atoms with van der Waals surface area (Å²) < 4.78 is 1.88. The van der Waals surface area contributed by atoms with E-state index in [-0.39, 0.29) is 23.9 Å². The van der Waals surface area contributed by atoms with Crippen LogP contribution in [0.5, 0.6) is 0 Å². The van der Waals surface area contributed by atoms with Crippen LogP contribution in [-0.4, -0.2) is 26.7 Å². The van der Waals surface area contributed by atoms with Gasteiger partial charge in [0.05, 0.1) is 17.1 Å². The van der Waals surface area contributed by atoms with E-state index in [0.717, 1.165) is 16.7 Å². The van der Waals surface area contributed by atoms with Gasteiger partial charge in [-0.05, 0) is 38.7 Å². The number of fused-ring (bicyclic) bond motifs is 1. The largest absolute Gasteiger partial charge is 0.349 e. The second-order valence-electron chi connectivity index (χ2n) is 7.18. The average Bonchev–Trinajstić information content (AvgIpc) is 2.89. The fourth-order valence-corrected chi connectivity index (χ4v) is 2.35. The van der Waals surface area contributed by atoms with Gasteiger partial charge in [0.2, 0.25) is 0 Å². The van der Waals surface area contributed by atoms with Gasteiger partial charge in [0.25, 0.3) is 5.91 Å². The standard InChI is InChI=1S/C18H28N4O/c1-10(2)13(7)20-18(23)14-8-16(11(3)4)21-17-15(14)9-19-22(17)12(5)6/h8-13H,1-7H3,(H,20,23). The Hall–Kier alpha value is -1.91. The van der Waals surface area contributed by atoms with Crippen LogP contribution in [0.15, 0.2) is 12.3 Å². The lowest BCUT2D eigenvalue weighted by molar-refractivity contribution is 0.0932. The second kappa shape index (κ2) is 6.69. The summed E-state index contributed by atoms with van der Waals surface area (Å²) >= 11 is 0. The van der Waals surface area contributed by atoms with Crippen molar-refractivity contribution in [1.29, 1.82) is 0 Å². The average molecular weight is 316 g/mol. The van der Waals surface area contributed by atoms with E-state index >= 15 is 0 Å². The van der Waals surface area contributed by atoms with Crippen molar-refractivity contribution in [3.8, 4) is 0 Å². The number of amides is 1. The Morgan fingerprint density at radius 3 is 2.30 bits per heavy atom. The van der Waals surface area contributed by atoms with E-state index in [0.29, 0.717) is 11.5 Å². The third kappa shape index (κ3) is 3.54. The minimum Gasteiger partial charge on any atom is -0.349 e. The third-order valence-corrected chi connectivity index (χ3v) is 4.27. The molecule has 0 aromatic carbocycles. The highest BCUT2D eigenvalue weighted by molar-refractivity contribution is 6.05. The first kappa shape index (κ1) is 17.4. The molecule has 1 amide bonds. The first-order chi connectivity index (χ1) is 10.7. The highest BCUT2D eigenvalue weighted by Crippen LogP contribution is 2.24. The summed E-state index contributed by atoms with van der Waals surface area (Å²) in [5.74, 6) is 0.590. The first-order valence-electron chi connectivity index (χ1n) is 8.41. The minimum atomic E-state index is -0.0520. The van der Waals surface area contributed by atoms with Gasteiger partial charge in [0.15, 0.2) is 5.65 Å². The lowest BCUT2D eigenvalue weighted by Gasteiger charge is -2.18. The van der Waals surface area contributed by atoms with E-state index in [2.05, 4.69) is 52.0 Å². The van der Waals surface area contributed by atoms with Gasteiger partial charge in [-0.25, -0.2) is 9.67 Å². The minimum absolute atomic E-state index is 0.0520. The third-order valence-electron chi connectivity index (χ3n) is 4.27. The molecule has 0 aliphatic rings. The van der Waals surface area contributed by atoms with Crippen molar-refractivity contribution in [3.05, 3.63) is 23.5 Å². The Morgan fingerprint density at radius 1 is 1.13 bits per heavy atom. The molecule has 0 saturated heterocycles. The number of aromatic nitrogens is 3. The molecule has 2 aromatic heterocycles. The van der Waals surface area contributed by atoms with Crippen LogP contribution in [-0.2, 0) is 0 Å². The normalized spacial score (nSPS) is 13.3. The fourth-order valence-electron chi connectivity index (χ4n) is 2.35. The fraction of sp³-hybridized carbons (Fsp3) is 0.611. The Labute approximate surface area is 138 Å². The van der Waals surface area contributed by atoms with Crippen molar-refractivity contribution in [1.82, 2.24) is 20.1 Å². The van der Waals surface area contributed by atoms with Crippen molar-refractivity contribution in [3.63, 3.8) is 0 Å². The molecule has 5 heteroatoms. The number of pyridine rings is 1. The van der Waals surface area contributed by atoms with Crippen molar-refractivity contribution < 1.29 is 4.79 Å². The Balaban J connectivity index is 2.55. The zero-order valence-corrected chi connectivity index (χ0v) is 15.2. The summed E-state index contributed by atoms with van der Waals surface area (Å²) in [6.45, 7) is 14.5. The quantitative estimate of drug-likeness (QED) is 0.909. The maximum Gasteiger partial charge on any atom is 0.252 e. The van der Waals surface area contributed by atoms with E-state index in [1.165, 1.54) is 0 Å². The summed E-state index contributed by atoms with van der Waals surface area (Å²) in [6, 6.07) is 2.23. The highest BCUT2D eigenvalue weighted by atomic mass is 16.1. The van der Waals surface area contributed by atoms with E-state index in [9.17, 15) is 4.79 Å². The van der Waals surface area contributed by atoms with Crippen LogP contribution in [0, 0.1) is 5.92 Å². The molecule has 2 rings (SSSR count). The van der Waals surface area contributed by atoms with E-state index in [1.807, 2.05) is 17.7 Å². The van der Waals surface area contributed by atoms with Crippen LogP contribution in [0.4, 0.5) is 0 Å². The molecule has 0 saturated carbocycles.